The summed E-state index contributed by atoms with van der Waals surface area (Å²) in [6.45, 7) is 0.650. The number of piperidine rings is 1. The minimum absolute atomic E-state index is 0.0534. The molecular weight excluding hydrogens is 371 g/mol. The molecule has 5 rings (SSSR count). The molecule has 1 aromatic carbocycles. The summed E-state index contributed by atoms with van der Waals surface area (Å²) in [4.78, 5) is 27.7. The molecule has 1 saturated heterocycles. The molecule has 1 saturated carbocycles. The molecule has 3 heterocycles. The molecule has 1 amide bonds. The second-order valence-electron chi connectivity index (χ2n) is 7.42. The summed E-state index contributed by atoms with van der Waals surface area (Å²) >= 11 is 0. The average molecular weight is 390 g/mol. The van der Waals surface area contributed by atoms with Crippen LogP contribution in [0.5, 0.6) is 5.88 Å². The fourth-order valence-electron chi connectivity index (χ4n) is 4.41. The van der Waals surface area contributed by atoms with Crippen molar-refractivity contribution in [1.82, 2.24) is 19.9 Å². The Morgan fingerprint density at radius 2 is 1.83 bits per heavy atom. The van der Waals surface area contributed by atoms with Crippen molar-refractivity contribution in [3.8, 4) is 17.3 Å². The van der Waals surface area contributed by atoms with Gasteiger partial charge in [-0.2, -0.15) is 0 Å². The number of hydrogen-bond donors (Lipinski definition) is 0. The van der Waals surface area contributed by atoms with Gasteiger partial charge in [0.05, 0.1) is 17.2 Å². The van der Waals surface area contributed by atoms with E-state index in [1.165, 1.54) is 18.5 Å². The standard InChI is InChI=1S/C22H19FN4O2/c23-16-6-3-5-15(20(16)21-25-9-4-10-26-21)22(28)27-13-14-11-17(27)18(12-14)29-19-7-1-2-8-24-19/h1-10,14,17-18H,11-13H2. The van der Waals surface area contributed by atoms with Gasteiger partial charge in [0.15, 0.2) is 5.82 Å². The number of carbonyl (C=O) groups is 1. The van der Waals surface area contributed by atoms with Crippen molar-refractivity contribution in [2.75, 3.05) is 6.54 Å². The Labute approximate surface area is 167 Å². The Hall–Kier alpha value is -3.35. The summed E-state index contributed by atoms with van der Waals surface area (Å²) in [5.41, 5.74) is 0.420. The Morgan fingerprint density at radius 1 is 1.00 bits per heavy atom. The maximum Gasteiger partial charge on any atom is 0.255 e. The van der Waals surface area contributed by atoms with E-state index in [0.29, 0.717) is 18.3 Å². The third kappa shape index (κ3) is 3.22. The predicted octanol–water partition coefficient (Wildman–Crippen LogP) is 3.36. The molecule has 3 aromatic rings. The number of halogens is 1. The maximum absolute atomic E-state index is 14.7. The minimum Gasteiger partial charge on any atom is -0.472 e. The molecule has 2 aromatic heterocycles. The van der Waals surface area contributed by atoms with Crippen LogP contribution in [0.25, 0.3) is 11.4 Å². The normalized spacial score (nSPS) is 22.7. The molecule has 2 fully saturated rings. The lowest BCUT2D eigenvalue weighted by atomic mass is 10.0. The predicted molar refractivity (Wildman–Crippen MR) is 104 cm³/mol. The zero-order chi connectivity index (χ0) is 19.8. The number of benzene rings is 1. The van der Waals surface area contributed by atoms with Crippen molar-refractivity contribution in [3.05, 3.63) is 72.4 Å². The zero-order valence-corrected chi connectivity index (χ0v) is 15.6. The second kappa shape index (κ2) is 7.24. The first-order valence-electron chi connectivity index (χ1n) is 9.65. The maximum atomic E-state index is 14.7. The number of ether oxygens (including phenoxy) is 1. The molecule has 2 bridgehead atoms. The van der Waals surface area contributed by atoms with Gasteiger partial charge in [-0.3, -0.25) is 4.79 Å². The van der Waals surface area contributed by atoms with Crippen molar-refractivity contribution in [2.24, 2.45) is 5.92 Å². The zero-order valence-electron chi connectivity index (χ0n) is 15.6. The lowest BCUT2D eigenvalue weighted by Crippen LogP contribution is -2.47. The summed E-state index contributed by atoms with van der Waals surface area (Å²) in [5, 5.41) is 0. The monoisotopic (exact) mass is 390 g/mol. The number of amides is 1. The molecule has 0 N–H and O–H groups in total. The van der Waals surface area contributed by atoms with E-state index < -0.39 is 5.82 Å². The number of likely N-dealkylation sites (tertiary alicyclic amines) is 1. The fourth-order valence-corrected chi connectivity index (χ4v) is 4.41. The number of hydrogen-bond acceptors (Lipinski definition) is 5. The molecule has 1 aliphatic carbocycles. The lowest BCUT2D eigenvalue weighted by molar-refractivity contribution is 0.0467. The van der Waals surface area contributed by atoms with E-state index in [2.05, 4.69) is 15.0 Å². The van der Waals surface area contributed by atoms with Crippen molar-refractivity contribution in [3.63, 3.8) is 0 Å². The Kier molecular flexibility index (Phi) is 4.42. The molecule has 6 nitrogen and oxygen atoms in total. The van der Waals surface area contributed by atoms with Gasteiger partial charge in [0, 0.05) is 31.2 Å². The number of fused-ring (bicyclic) bond motifs is 2. The molecule has 2 aliphatic rings. The quantitative estimate of drug-likeness (QED) is 0.683. The molecule has 3 atom stereocenters. The Bertz CT molecular complexity index is 1030. The van der Waals surface area contributed by atoms with Crippen LogP contribution in [0.3, 0.4) is 0 Å². The molecular formula is C22H19FN4O2. The van der Waals surface area contributed by atoms with Crippen LogP contribution in [0, 0.1) is 11.7 Å². The molecule has 3 unspecified atom stereocenters. The van der Waals surface area contributed by atoms with Gasteiger partial charge in [0.1, 0.15) is 11.9 Å². The SMILES string of the molecule is O=C(c1cccc(F)c1-c1ncccn1)N1CC2CC(Oc3ccccn3)C1C2. The highest BCUT2D eigenvalue weighted by atomic mass is 19.1. The van der Waals surface area contributed by atoms with Gasteiger partial charge in [-0.05, 0) is 43.0 Å². The van der Waals surface area contributed by atoms with E-state index in [0.717, 1.165) is 12.8 Å². The van der Waals surface area contributed by atoms with Crippen LogP contribution in [-0.2, 0) is 0 Å². The summed E-state index contributed by atoms with van der Waals surface area (Å²) in [6.07, 6.45) is 6.43. The van der Waals surface area contributed by atoms with E-state index in [-0.39, 0.29) is 35.0 Å². The third-order valence-corrected chi connectivity index (χ3v) is 5.63. The Balaban J connectivity index is 1.44. The molecule has 29 heavy (non-hydrogen) atoms. The molecule has 0 radical (unpaired) electrons. The van der Waals surface area contributed by atoms with E-state index in [9.17, 15) is 9.18 Å². The highest BCUT2D eigenvalue weighted by Crippen LogP contribution is 2.41. The number of nitrogens with zero attached hydrogens (tertiary/aromatic N) is 4. The first kappa shape index (κ1) is 17.7. The minimum atomic E-state index is -0.507. The lowest BCUT2D eigenvalue weighted by Gasteiger charge is -2.33. The average Bonchev–Trinajstić information content (AvgIpc) is 3.35. The summed E-state index contributed by atoms with van der Waals surface area (Å²) in [6, 6.07) is 11.6. The van der Waals surface area contributed by atoms with E-state index in [4.69, 9.17) is 4.74 Å². The molecule has 1 aliphatic heterocycles. The van der Waals surface area contributed by atoms with Gasteiger partial charge in [0.2, 0.25) is 5.88 Å². The number of aromatic nitrogens is 3. The second-order valence-corrected chi connectivity index (χ2v) is 7.42. The highest BCUT2D eigenvalue weighted by Gasteiger charge is 2.48. The van der Waals surface area contributed by atoms with Crippen molar-refractivity contribution in [2.45, 2.75) is 25.0 Å². The van der Waals surface area contributed by atoms with Gasteiger partial charge >= 0.3 is 0 Å². The number of pyridine rings is 1. The first-order valence-corrected chi connectivity index (χ1v) is 9.65. The van der Waals surface area contributed by atoms with Crippen molar-refractivity contribution >= 4 is 5.91 Å². The molecule has 0 spiro atoms. The fraction of sp³-hybridized carbons (Fsp3) is 0.273. The van der Waals surface area contributed by atoms with Gasteiger partial charge in [0.25, 0.3) is 5.91 Å². The smallest absolute Gasteiger partial charge is 0.255 e. The number of rotatable bonds is 4. The van der Waals surface area contributed by atoms with E-state index in [1.54, 1.807) is 24.4 Å². The van der Waals surface area contributed by atoms with Crippen LogP contribution < -0.4 is 4.74 Å². The van der Waals surface area contributed by atoms with Crippen LogP contribution in [0.2, 0.25) is 0 Å². The first-order chi connectivity index (χ1) is 14.2. The van der Waals surface area contributed by atoms with Crippen LogP contribution in [0.4, 0.5) is 4.39 Å². The van der Waals surface area contributed by atoms with Gasteiger partial charge < -0.3 is 9.64 Å². The third-order valence-electron chi connectivity index (χ3n) is 5.63. The molecule has 146 valence electrons. The van der Waals surface area contributed by atoms with E-state index in [1.807, 2.05) is 23.1 Å². The Morgan fingerprint density at radius 3 is 2.59 bits per heavy atom. The number of carbonyl (C=O) groups excluding carboxylic acids is 1. The van der Waals surface area contributed by atoms with Crippen LogP contribution >= 0.6 is 0 Å². The van der Waals surface area contributed by atoms with Crippen LogP contribution in [-0.4, -0.2) is 44.4 Å². The van der Waals surface area contributed by atoms with Crippen LogP contribution in [0.15, 0.2) is 61.1 Å². The van der Waals surface area contributed by atoms with Gasteiger partial charge in [-0.15, -0.1) is 0 Å². The summed E-state index contributed by atoms with van der Waals surface area (Å²) < 4.78 is 20.7. The van der Waals surface area contributed by atoms with Crippen molar-refractivity contribution < 1.29 is 13.9 Å². The van der Waals surface area contributed by atoms with Gasteiger partial charge in [-0.1, -0.05) is 12.1 Å². The van der Waals surface area contributed by atoms with Gasteiger partial charge in [-0.25, -0.2) is 19.3 Å². The van der Waals surface area contributed by atoms with Crippen LogP contribution in [0.1, 0.15) is 23.2 Å². The summed E-state index contributed by atoms with van der Waals surface area (Å²) in [5.74, 6) is 0.422. The largest absolute Gasteiger partial charge is 0.472 e. The molecule has 7 heteroatoms. The van der Waals surface area contributed by atoms with E-state index >= 15 is 0 Å². The highest BCUT2D eigenvalue weighted by molar-refractivity contribution is 6.00. The topological polar surface area (TPSA) is 68.2 Å². The summed E-state index contributed by atoms with van der Waals surface area (Å²) in [7, 11) is 0. The van der Waals surface area contributed by atoms with Crippen molar-refractivity contribution in [1.29, 1.82) is 0 Å².